The molecular formula is C23H32N6O3S. The van der Waals surface area contributed by atoms with Crippen LogP contribution in [0, 0.1) is 0 Å². The van der Waals surface area contributed by atoms with Crippen LogP contribution >= 0.6 is 11.8 Å². The van der Waals surface area contributed by atoms with E-state index in [1.807, 2.05) is 26.0 Å². The first-order chi connectivity index (χ1) is 16.0. The summed E-state index contributed by atoms with van der Waals surface area (Å²) in [5.41, 5.74) is 1.25. The van der Waals surface area contributed by atoms with Gasteiger partial charge < -0.3 is 20.1 Å². The third-order valence-corrected chi connectivity index (χ3v) is 5.47. The van der Waals surface area contributed by atoms with E-state index in [1.54, 1.807) is 34.8 Å². The minimum absolute atomic E-state index is 0.181. The summed E-state index contributed by atoms with van der Waals surface area (Å²) < 4.78 is 12.8. The lowest BCUT2D eigenvalue weighted by Crippen LogP contribution is -2.28. The maximum atomic E-state index is 12.7. The SMILES string of the molecule is CCOCCNc1nc(SC(C)C)nc2c1cnn2CCNC(=O)c1ccccc1OCC. The lowest BCUT2D eigenvalue weighted by Gasteiger charge is -2.12. The Morgan fingerprint density at radius 3 is 2.73 bits per heavy atom. The topological polar surface area (TPSA) is 103 Å². The fourth-order valence-electron chi connectivity index (χ4n) is 3.19. The number of ether oxygens (including phenoxy) is 2. The molecule has 0 aliphatic carbocycles. The first-order valence-electron chi connectivity index (χ1n) is 11.2. The third-order valence-electron chi connectivity index (χ3n) is 4.60. The highest BCUT2D eigenvalue weighted by Crippen LogP contribution is 2.26. The summed E-state index contributed by atoms with van der Waals surface area (Å²) in [6.07, 6.45) is 1.76. The van der Waals surface area contributed by atoms with Crippen LogP contribution in [0.1, 0.15) is 38.1 Å². The number of nitrogens with zero attached hydrogens (tertiary/aromatic N) is 4. The van der Waals surface area contributed by atoms with Gasteiger partial charge in [-0.05, 0) is 26.0 Å². The van der Waals surface area contributed by atoms with Crippen LogP contribution in [0.4, 0.5) is 5.82 Å². The summed E-state index contributed by atoms with van der Waals surface area (Å²) in [6, 6.07) is 7.23. The predicted octanol–water partition coefficient (Wildman–Crippen LogP) is 3.60. The second-order valence-electron chi connectivity index (χ2n) is 7.44. The molecule has 1 aromatic carbocycles. The number of aromatic nitrogens is 4. The molecule has 3 aromatic rings. The Morgan fingerprint density at radius 1 is 1.15 bits per heavy atom. The van der Waals surface area contributed by atoms with Crippen molar-refractivity contribution in [3.63, 3.8) is 0 Å². The average molecular weight is 473 g/mol. The van der Waals surface area contributed by atoms with E-state index in [0.29, 0.717) is 61.2 Å². The van der Waals surface area contributed by atoms with Gasteiger partial charge in [-0.1, -0.05) is 37.7 Å². The van der Waals surface area contributed by atoms with Crippen LogP contribution < -0.4 is 15.4 Å². The zero-order valence-electron chi connectivity index (χ0n) is 19.6. The molecule has 2 heterocycles. The first kappa shape index (κ1) is 24.8. The molecule has 0 spiro atoms. The smallest absolute Gasteiger partial charge is 0.255 e. The molecule has 0 saturated heterocycles. The zero-order chi connectivity index (χ0) is 23.6. The maximum absolute atomic E-state index is 12.7. The standard InChI is InChI=1S/C23H32N6O3S/c1-5-31-14-12-24-20-18-15-26-29(21(18)28-23(27-20)33-16(3)4)13-11-25-22(30)17-9-7-8-10-19(17)32-6-2/h7-10,15-16H,5-6,11-14H2,1-4H3,(H,25,30)(H,24,27,28). The Bertz CT molecular complexity index is 1060. The summed E-state index contributed by atoms with van der Waals surface area (Å²) in [6.45, 7) is 11.4. The van der Waals surface area contributed by atoms with Gasteiger partial charge in [0.25, 0.3) is 5.91 Å². The number of thioether (sulfide) groups is 1. The van der Waals surface area contributed by atoms with Gasteiger partial charge in [0, 0.05) is 24.9 Å². The molecule has 0 aliphatic rings. The number of carbonyl (C=O) groups excluding carboxylic acids is 1. The van der Waals surface area contributed by atoms with Gasteiger partial charge in [0.1, 0.15) is 11.6 Å². The van der Waals surface area contributed by atoms with Crippen molar-refractivity contribution < 1.29 is 14.3 Å². The molecule has 0 radical (unpaired) electrons. The Kier molecular flexibility index (Phi) is 9.32. The molecular weight excluding hydrogens is 440 g/mol. The van der Waals surface area contributed by atoms with E-state index in [4.69, 9.17) is 14.5 Å². The lowest BCUT2D eigenvalue weighted by molar-refractivity contribution is 0.0948. The predicted molar refractivity (Wildman–Crippen MR) is 131 cm³/mol. The van der Waals surface area contributed by atoms with Crippen molar-refractivity contribution in [1.82, 2.24) is 25.1 Å². The zero-order valence-corrected chi connectivity index (χ0v) is 20.4. The molecule has 0 fully saturated rings. The Balaban J connectivity index is 1.73. The van der Waals surface area contributed by atoms with Gasteiger partial charge >= 0.3 is 0 Å². The van der Waals surface area contributed by atoms with E-state index >= 15 is 0 Å². The van der Waals surface area contributed by atoms with Crippen LogP contribution in [-0.2, 0) is 11.3 Å². The second kappa shape index (κ2) is 12.4. The summed E-state index contributed by atoms with van der Waals surface area (Å²) in [4.78, 5) is 22.1. The van der Waals surface area contributed by atoms with Crippen molar-refractivity contribution in [3.05, 3.63) is 36.0 Å². The van der Waals surface area contributed by atoms with Gasteiger partial charge in [-0.2, -0.15) is 5.10 Å². The summed E-state index contributed by atoms with van der Waals surface area (Å²) in [5, 5.41) is 12.7. The normalized spacial score (nSPS) is 11.2. The Hall–Kier alpha value is -2.85. The van der Waals surface area contributed by atoms with Gasteiger partial charge in [-0.15, -0.1) is 0 Å². The number of hydrogen-bond acceptors (Lipinski definition) is 8. The monoisotopic (exact) mass is 472 g/mol. The lowest BCUT2D eigenvalue weighted by atomic mass is 10.2. The van der Waals surface area contributed by atoms with Crippen molar-refractivity contribution in [2.24, 2.45) is 0 Å². The summed E-state index contributed by atoms with van der Waals surface area (Å²) in [5.74, 6) is 1.14. The van der Waals surface area contributed by atoms with E-state index < -0.39 is 0 Å². The van der Waals surface area contributed by atoms with Gasteiger partial charge in [0.05, 0.1) is 36.9 Å². The molecule has 2 aromatic heterocycles. The van der Waals surface area contributed by atoms with Crippen molar-refractivity contribution in [2.75, 3.05) is 38.2 Å². The van der Waals surface area contributed by atoms with Crippen molar-refractivity contribution in [2.45, 2.75) is 44.6 Å². The average Bonchev–Trinajstić information content (AvgIpc) is 3.20. The highest BCUT2D eigenvalue weighted by atomic mass is 32.2. The van der Waals surface area contributed by atoms with Crippen LogP contribution in [0.15, 0.2) is 35.6 Å². The third kappa shape index (κ3) is 6.82. The Morgan fingerprint density at radius 2 is 1.97 bits per heavy atom. The van der Waals surface area contributed by atoms with Crippen molar-refractivity contribution in [3.8, 4) is 5.75 Å². The van der Waals surface area contributed by atoms with Gasteiger partial charge in [-0.3, -0.25) is 4.79 Å². The number of para-hydroxylation sites is 1. The van der Waals surface area contributed by atoms with E-state index in [9.17, 15) is 4.79 Å². The first-order valence-corrected chi connectivity index (χ1v) is 12.1. The minimum atomic E-state index is -0.181. The van der Waals surface area contributed by atoms with E-state index in [2.05, 4.69) is 34.6 Å². The molecule has 33 heavy (non-hydrogen) atoms. The van der Waals surface area contributed by atoms with Crippen molar-refractivity contribution >= 4 is 34.5 Å². The molecule has 0 bridgehead atoms. The molecule has 9 nitrogen and oxygen atoms in total. The van der Waals surface area contributed by atoms with E-state index in [-0.39, 0.29) is 5.91 Å². The van der Waals surface area contributed by atoms with Gasteiger partial charge in [-0.25, -0.2) is 14.6 Å². The highest BCUT2D eigenvalue weighted by molar-refractivity contribution is 7.99. The van der Waals surface area contributed by atoms with Crippen LogP contribution in [0.5, 0.6) is 5.75 Å². The largest absolute Gasteiger partial charge is 0.493 e. The number of benzene rings is 1. The van der Waals surface area contributed by atoms with E-state index in [1.165, 1.54) is 0 Å². The van der Waals surface area contributed by atoms with Gasteiger partial charge in [0.2, 0.25) is 0 Å². The summed E-state index contributed by atoms with van der Waals surface area (Å²) >= 11 is 1.60. The molecule has 0 atom stereocenters. The number of anilines is 1. The number of carbonyl (C=O) groups is 1. The number of rotatable bonds is 13. The summed E-state index contributed by atoms with van der Waals surface area (Å²) in [7, 11) is 0. The molecule has 3 rings (SSSR count). The van der Waals surface area contributed by atoms with Crippen molar-refractivity contribution in [1.29, 1.82) is 0 Å². The van der Waals surface area contributed by atoms with Crippen LogP contribution in [0.3, 0.4) is 0 Å². The molecule has 178 valence electrons. The van der Waals surface area contributed by atoms with Gasteiger partial charge in [0.15, 0.2) is 10.8 Å². The molecule has 0 aliphatic heterocycles. The number of fused-ring (bicyclic) bond motifs is 1. The molecule has 10 heteroatoms. The molecule has 0 saturated carbocycles. The maximum Gasteiger partial charge on any atom is 0.255 e. The fourth-order valence-corrected chi connectivity index (χ4v) is 3.89. The van der Waals surface area contributed by atoms with Crippen LogP contribution in [-0.4, -0.2) is 63.8 Å². The Labute approximate surface area is 198 Å². The van der Waals surface area contributed by atoms with Crippen LogP contribution in [0.2, 0.25) is 0 Å². The number of amides is 1. The number of nitrogens with one attached hydrogen (secondary N) is 2. The fraction of sp³-hybridized carbons (Fsp3) is 0.478. The molecule has 2 N–H and O–H groups in total. The minimum Gasteiger partial charge on any atom is -0.493 e. The molecule has 1 amide bonds. The van der Waals surface area contributed by atoms with E-state index in [0.717, 1.165) is 16.9 Å². The number of hydrogen-bond donors (Lipinski definition) is 2. The molecule has 0 unspecified atom stereocenters. The van der Waals surface area contributed by atoms with Crippen LogP contribution in [0.25, 0.3) is 11.0 Å². The highest BCUT2D eigenvalue weighted by Gasteiger charge is 2.15. The quantitative estimate of drug-likeness (QED) is 0.221. The second-order valence-corrected chi connectivity index (χ2v) is 8.98.